The third-order valence-corrected chi connectivity index (χ3v) is 5.75. The van der Waals surface area contributed by atoms with E-state index in [0.717, 1.165) is 49.8 Å². The van der Waals surface area contributed by atoms with Crippen molar-refractivity contribution in [3.8, 4) is 0 Å². The summed E-state index contributed by atoms with van der Waals surface area (Å²) in [5.74, 6) is 1.11. The Morgan fingerprint density at radius 3 is 2.55 bits per heavy atom. The maximum atomic E-state index is 11.9. The molecule has 1 aromatic carbocycles. The SMILES string of the molecule is CCNC(=NCc1ccc(N2CCCC2=O)cc1)NCC1CCCCN1CC.I. The molecule has 1 aromatic rings. The fraction of sp³-hybridized carbons (Fsp3) is 0.636. The zero-order chi connectivity index (χ0) is 19.8. The van der Waals surface area contributed by atoms with Crippen LogP contribution in [0.15, 0.2) is 29.3 Å². The Kier molecular flexibility index (Phi) is 10.2. The standard InChI is InChI=1S/C22H35N5O.HI/c1-3-23-22(25-17-20-8-5-6-14-26(20)4-2)24-16-18-10-12-19(13-11-18)27-15-7-9-21(27)28;/h10-13,20H,3-9,14-17H2,1-2H3,(H2,23,24,25);1H. The summed E-state index contributed by atoms with van der Waals surface area (Å²) in [6, 6.07) is 8.83. The maximum absolute atomic E-state index is 11.9. The number of rotatable bonds is 7. The van der Waals surface area contributed by atoms with E-state index in [4.69, 9.17) is 4.99 Å². The summed E-state index contributed by atoms with van der Waals surface area (Å²) >= 11 is 0. The van der Waals surface area contributed by atoms with Crippen molar-refractivity contribution >= 4 is 41.5 Å². The molecule has 3 rings (SSSR count). The highest BCUT2D eigenvalue weighted by molar-refractivity contribution is 14.0. The van der Waals surface area contributed by atoms with Gasteiger partial charge in [0, 0.05) is 37.8 Å². The van der Waals surface area contributed by atoms with Crippen molar-refractivity contribution in [1.82, 2.24) is 15.5 Å². The summed E-state index contributed by atoms with van der Waals surface area (Å²) in [6.45, 7) is 9.93. The highest BCUT2D eigenvalue weighted by Gasteiger charge is 2.22. The monoisotopic (exact) mass is 513 g/mol. The van der Waals surface area contributed by atoms with E-state index in [0.29, 0.717) is 19.0 Å². The van der Waals surface area contributed by atoms with Crippen LogP contribution in [0.1, 0.15) is 51.5 Å². The first-order valence-corrected chi connectivity index (χ1v) is 10.9. The molecule has 1 amide bonds. The number of nitrogens with zero attached hydrogens (tertiary/aromatic N) is 3. The highest BCUT2D eigenvalue weighted by Crippen LogP contribution is 2.21. The lowest BCUT2D eigenvalue weighted by Crippen LogP contribution is -2.49. The molecular formula is C22H36IN5O. The Morgan fingerprint density at radius 1 is 1.10 bits per heavy atom. The van der Waals surface area contributed by atoms with E-state index in [-0.39, 0.29) is 29.9 Å². The summed E-state index contributed by atoms with van der Waals surface area (Å²) in [4.78, 5) is 21.1. The van der Waals surface area contributed by atoms with Gasteiger partial charge in [0.05, 0.1) is 6.54 Å². The molecule has 2 N–H and O–H groups in total. The van der Waals surface area contributed by atoms with Crippen LogP contribution in [-0.2, 0) is 11.3 Å². The van der Waals surface area contributed by atoms with Crippen molar-refractivity contribution in [3.63, 3.8) is 0 Å². The van der Waals surface area contributed by atoms with Gasteiger partial charge in [0.1, 0.15) is 0 Å². The molecule has 0 aliphatic carbocycles. The minimum atomic E-state index is 0. The fourth-order valence-electron chi connectivity index (χ4n) is 4.14. The zero-order valence-corrected chi connectivity index (χ0v) is 20.2. The number of anilines is 1. The molecule has 7 heteroatoms. The first kappa shape index (κ1) is 23.9. The lowest BCUT2D eigenvalue weighted by molar-refractivity contribution is -0.117. The number of carbonyl (C=O) groups is 1. The average molecular weight is 513 g/mol. The third kappa shape index (κ3) is 6.84. The van der Waals surface area contributed by atoms with E-state index in [2.05, 4.69) is 41.5 Å². The minimum Gasteiger partial charge on any atom is -0.357 e. The molecule has 6 nitrogen and oxygen atoms in total. The van der Waals surface area contributed by atoms with Crippen LogP contribution in [-0.4, -0.2) is 55.5 Å². The highest BCUT2D eigenvalue weighted by atomic mass is 127. The molecule has 2 aliphatic heterocycles. The minimum absolute atomic E-state index is 0. The fourth-order valence-corrected chi connectivity index (χ4v) is 4.14. The summed E-state index contributed by atoms with van der Waals surface area (Å²) in [5.41, 5.74) is 2.15. The molecule has 2 aliphatic rings. The second-order valence-corrected chi connectivity index (χ2v) is 7.67. The van der Waals surface area contributed by atoms with Crippen molar-refractivity contribution in [1.29, 1.82) is 0 Å². The lowest BCUT2D eigenvalue weighted by atomic mass is 10.0. The zero-order valence-electron chi connectivity index (χ0n) is 17.8. The number of aliphatic imine (C=N–C) groups is 1. The number of nitrogens with one attached hydrogen (secondary N) is 2. The van der Waals surface area contributed by atoms with Crippen molar-refractivity contribution in [2.24, 2.45) is 4.99 Å². The van der Waals surface area contributed by atoms with Gasteiger partial charge in [-0.2, -0.15) is 0 Å². The first-order chi connectivity index (χ1) is 13.7. The van der Waals surface area contributed by atoms with E-state index in [1.165, 1.54) is 25.8 Å². The molecule has 0 bridgehead atoms. The molecule has 2 fully saturated rings. The van der Waals surface area contributed by atoms with Crippen LogP contribution in [0.2, 0.25) is 0 Å². The van der Waals surface area contributed by atoms with E-state index in [1.807, 2.05) is 17.0 Å². The van der Waals surface area contributed by atoms with E-state index in [1.54, 1.807) is 0 Å². The predicted molar refractivity (Wildman–Crippen MR) is 131 cm³/mol. The molecule has 162 valence electrons. The van der Waals surface area contributed by atoms with Gasteiger partial charge in [0.25, 0.3) is 0 Å². The number of hydrogen-bond acceptors (Lipinski definition) is 3. The molecule has 2 saturated heterocycles. The Balaban J connectivity index is 0.00000300. The number of carbonyl (C=O) groups excluding carboxylic acids is 1. The topological polar surface area (TPSA) is 60.0 Å². The second kappa shape index (κ2) is 12.4. The molecule has 29 heavy (non-hydrogen) atoms. The van der Waals surface area contributed by atoms with Gasteiger partial charge < -0.3 is 15.5 Å². The van der Waals surface area contributed by atoms with Gasteiger partial charge in [-0.3, -0.25) is 9.69 Å². The van der Waals surface area contributed by atoms with Crippen LogP contribution in [0.5, 0.6) is 0 Å². The Morgan fingerprint density at radius 2 is 1.90 bits per heavy atom. The quantitative estimate of drug-likeness (QED) is 0.334. The van der Waals surface area contributed by atoms with Gasteiger partial charge in [0.2, 0.25) is 5.91 Å². The van der Waals surface area contributed by atoms with Gasteiger partial charge in [-0.1, -0.05) is 25.5 Å². The van der Waals surface area contributed by atoms with Gasteiger partial charge >= 0.3 is 0 Å². The number of benzene rings is 1. The molecule has 0 radical (unpaired) electrons. The molecule has 0 saturated carbocycles. The van der Waals surface area contributed by atoms with Crippen molar-refractivity contribution < 1.29 is 4.79 Å². The molecule has 0 aromatic heterocycles. The number of piperidine rings is 1. The Hall–Kier alpha value is -1.35. The van der Waals surface area contributed by atoms with Crippen molar-refractivity contribution in [2.45, 2.75) is 58.5 Å². The number of hydrogen-bond donors (Lipinski definition) is 2. The molecule has 1 atom stereocenters. The predicted octanol–water partition coefficient (Wildman–Crippen LogP) is 3.36. The average Bonchev–Trinajstić information content (AvgIpc) is 3.16. The summed E-state index contributed by atoms with van der Waals surface area (Å²) in [7, 11) is 0. The van der Waals surface area contributed by atoms with Crippen LogP contribution in [0, 0.1) is 0 Å². The van der Waals surface area contributed by atoms with Crippen LogP contribution in [0.4, 0.5) is 5.69 Å². The third-order valence-electron chi connectivity index (χ3n) is 5.75. The number of amides is 1. The number of guanidine groups is 1. The van der Waals surface area contributed by atoms with Crippen LogP contribution >= 0.6 is 24.0 Å². The summed E-state index contributed by atoms with van der Waals surface area (Å²) < 4.78 is 0. The van der Waals surface area contributed by atoms with Gasteiger partial charge in [0.15, 0.2) is 5.96 Å². The second-order valence-electron chi connectivity index (χ2n) is 7.67. The van der Waals surface area contributed by atoms with Gasteiger partial charge in [-0.25, -0.2) is 4.99 Å². The lowest BCUT2D eigenvalue weighted by Gasteiger charge is -2.35. The molecule has 1 unspecified atom stereocenters. The van der Waals surface area contributed by atoms with Gasteiger partial charge in [-0.05, 0) is 57.0 Å². The van der Waals surface area contributed by atoms with E-state index in [9.17, 15) is 4.79 Å². The van der Waals surface area contributed by atoms with Crippen LogP contribution in [0.3, 0.4) is 0 Å². The maximum Gasteiger partial charge on any atom is 0.227 e. The van der Waals surface area contributed by atoms with E-state index >= 15 is 0 Å². The smallest absolute Gasteiger partial charge is 0.227 e. The molecular weight excluding hydrogens is 477 g/mol. The van der Waals surface area contributed by atoms with Crippen molar-refractivity contribution in [2.75, 3.05) is 37.6 Å². The Labute approximate surface area is 192 Å². The van der Waals surface area contributed by atoms with E-state index < -0.39 is 0 Å². The Bertz CT molecular complexity index is 664. The van der Waals surface area contributed by atoms with Crippen LogP contribution < -0.4 is 15.5 Å². The first-order valence-electron chi connectivity index (χ1n) is 10.9. The number of halogens is 1. The normalized spacial score (nSPS) is 20.5. The van der Waals surface area contributed by atoms with Crippen LogP contribution in [0.25, 0.3) is 0 Å². The molecule has 0 spiro atoms. The molecule has 2 heterocycles. The van der Waals surface area contributed by atoms with Gasteiger partial charge in [-0.15, -0.1) is 24.0 Å². The number of likely N-dealkylation sites (N-methyl/N-ethyl adjacent to an activating group) is 1. The largest absolute Gasteiger partial charge is 0.357 e. The number of likely N-dealkylation sites (tertiary alicyclic amines) is 1. The summed E-state index contributed by atoms with van der Waals surface area (Å²) in [5, 5.41) is 6.89. The van der Waals surface area contributed by atoms with Crippen molar-refractivity contribution in [3.05, 3.63) is 29.8 Å². The summed E-state index contributed by atoms with van der Waals surface area (Å²) in [6.07, 6.45) is 5.52.